The van der Waals surface area contributed by atoms with Crippen LogP contribution in [0.15, 0.2) is 18.3 Å². The molecule has 0 amide bonds. The van der Waals surface area contributed by atoms with Crippen LogP contribution in [-0.2, 0) is 0 Å². The van der Waals surface area contributed by atoms with Gasteiger partial charge in [-0.15, -0.1) is 0 Å². The zero-order chi connectivity index (χ0) is 12.8. The lowest BCUT2D eigenvalue weighted by Crippen LogP contribution is -2.33. The Morgan fingerprint density at radius 2 is 2.11 bits per heavy atom. The van der Waals surface area contributed by atoms with E-state index in [2.05, 4.69) is 41.2 Å². The number of anilines is 2. The average molecular weight is 247 g/mol. The molecule has 18 heavy (non-hydrogen) atoms. The predicted octanol–water partition coefficient (Wildman–Crippen LogP) is 3.67. The second kappa shape index (κ2) is 6.62. The fourth-order valence-electron chi connectivity index (χ4n) is 2.82. The highest BCUT2D eigenvalue weighted by Crippen LogP contribution is 2.28. The van der Waals surface area contributed by atoms with Gasteiger partial charge < -0.3 is 10.2 Å². The largest absolute Gasteiger partial charge is 0.370 e. The van der Waals surface area contributed by atoms with Crippen molar-refractivity contribution in [3.05, 3.63) is 18.3 Å². The number of pyridine rings is 1. The molecular weight excluding hydrogens is 222 g/mol. The Morgan fingerprint density at radius 1 is 1.33 bits per heavy atom. The third-order valence-electron chi connectivity index (χ3n) is 3.74. The van der Waals surface area contributed by atoms with Gasteiger partial charge in [-0.1, -0.05) is 19.8 Å². The molecule has 1 saturated carbocycles. The first-order valence-electron chi connectivity index (χ1n) is 7.31. The molecule has 2 rings (SSSR count). The summed E-state index contributed by atoms with van der Waals surface area (Å²) in [5.41, 5.74) is 1.32. The van der Waals surface area contributed by atoms with Crippen molar-refractivity contribution in [2.24, 2.45) is 0 Å². The molecule has 0 spiro atoms. The molecule has 1 aliphatic rings. The quantitative estimate of drug-likeness (QED) is 0.831. The summed E-state index contributed by atoms with van der Waals surface area (Å²) in [6, 6.07) is 5.06. The maximum absolute atomic E-state index is 4.38. The molecule has 0 unspecified atom stereocenters. The van der Waals surface area contributed by atoms with Crippen molar-refractivity contribution < 1.29 is 0 Å². The summed E-state index contributed by atoms with van der Waals surface area (Å²) in [7, 11) is 0. The van der Waals surface area contributed by atoms with E-state index in [-0.39, 0.29) is 0 Å². The van der Waals surface area contributed by atoms with Crippen LogP contribution in [0.25, 0.3) is 0 Å². The SMILES string of the molecule is CCCNc1cc(N(CC)C2CCCC2)ccn1. The summed E-state index contributed by atoms with van der Waals surface area (Å²) in [5.74, 6) is 1.01. The summed E-state index contributed by atoms with van der Waals surface area (Å²) in [4.78, 5) is 6.92. The molecule has 3 nitrogen and oxygen atoms in total. The Hall–Kier alpha value is -1.25. The van der Waals surface area contributed by atoms with E-state index in [9.17, 15) is 0 Å². The molecule has 1 heterocycles. The fraction of sp³-hybridized carbons (Fsp3) is 0.667. The van der Waals surface area contributed by atoms with Crippen molar-refractivity contribution in [2.75, 3.05) is 23.3 Å². The zero-order valence-corrected chi connectivity index (χ0v) is 11.7. The highest BCUT2D eigenvalue weighted by Gasteiger charge is 2.21. The summed E-state index contributed by atoms with van der Waals surface area (Å²) in [6.45, 7) is 6.50. The van der Waals surface area contributed by atoms with Gasteiger partial charge in [-0.2, -0.15) is 0 Å². The van der Waals surface area contributed by atoms with Gasteiger partial charge in [0.05, 0.1) is 0 Å². The molecule has 0 aliphatic heterocycles. The number of nitrogens with one attached hydrogen (secondary N) is 1. The standard InChI is InChI=1S/C15H25N3/c1-3-10-16-15-12-14(9-11-17-15)18(4-2)13-7-5-6-8-13/h9,11-13H,3-8,10H2,1-2H3,(H,16,17). The Bertz CT molecular complexity index is 359. The van der Waals surface area contributed by atoms with Gasteiger partial charge in [-0.25, -0.2) is 4.98 Å². The van der Waals surface area contributed by atoms with E-state index in [1.54, 1.807) is 0 Å². The first-order chi connectivity index (χ1) is 8.85. The van der Waals surface area contributed by atoms with Crippen LogP contribution in [0.5, 0.6) is 0 Å². The monoisotopic (exact) mass is 247 g/mol. The lowest BCUT2D eigenvalue weighted by molar-refractivity contribution is 0.620. The van der Waals surface area contributed by atoms with Crippen LogP contribution >= 0.6 is 0 Å². The van der Waals surface area contributed by atoms with Gasteiger partial charge in [0, 0.05) is 37.1 Å². The second-order valence-corrected chi connectivity index (χ2v) is 5.05. The highest BCUT2D eigenvalue weighted by atomic mass is 15.2. The minimum atomic E-state index is 0.733. The molecule has 0 bridgehead atoms. The van der Waals surface area contributed by atoms with Crippen LogP contribution in [0.4, 0.5) is 11.5 Å². The molecule has 1 aromatic heterocycles. The van der Waals surface area contributed by atoms with Crippen LogP contribution in [0.2, 0.25) is 0 Å². The van der Waals surface area contributed by atoms with E-state index in [0.717, 1.165) is 31.4 Å². The molecule has 0 radical (unpaired) electrons. The lowest BCUT2D eigenvalue weighted by atomic mass is 10.2. The Morgan fingerprint density at radius 3 is 2.78 bits per heavy atom. The van der Waals surface area contributed by atoms with Crippen molar-refractivity contribution in [3.63, 3.8) is 0 Å². The van der Waals surface area contributed by atoms with Crippen molar-refractivity contribution in [1.82, 2.24) is 4.98 Å². The molecule has 100 valence electrons. The molecule has 0 atom stereocenters. The molecule has 1 aromatic rings. The molecular formula is C15H25N3. The first kappa shape index (κ1) is 13.2. The van der Waals surface area contributed by atoms with Gasteiger partial charge >= 0.3 is 0 Å². The van der Waals surface area contributed by atoms with E-state index in [4.69, 9.17) is 0 Å². The van der Waals surface area contributed by atoms with Gasteiger partial charge in [0.25, 0.3) is 0 Å². The Kier molecular flexibility index (Phi) is 4.85. The average Bonchev–Trinajstić information content (AvgIpc) is 2.92. The smallest absolute Gasteiger partial charge is 0.127 e. The number of hydrogen-bond donors (Lipinski definition) is 1. The molecule has 0 saturated heterocycles. The summed E-state index contributed by atoms with van der Waals surface area (Å²) >= 11 is 0. The molecule has 3 heteroatoms. The molecule has 1 fully saturated rings. The van der Waals surface area contributed by atoms with Gasteiger partial charge in [0.1, 0.15) is 5.82 Å². The first-order valence-corrected chi connectivity index (χ1v) is 7.31. The summed E-state index contributed by atoms with van der Waals surface area (Å²) in [6.07, 6.45) is 8.50. The van der Waals surface area contributed by atoms with E-state index >= 15 is 0 Å². The van der Waals surface area contributed by atoms with Crippen LogP contribution in [0, 0.1) is 0 Å². The van der Waals surface area contributed by atoms with Crippen molar-refractivity contribution in [2.45, 2.75) is 52.0 Å². The minimum absolute atomic E-state index is 0.733. The Labute approximate surface area is 111 Å². The maximum Gasteiger partial charge on any atom is 0.127 e. The summed E-state index contributed by atoms with van der Waals surface area (Å²) < 4.78 is 0. The van der Waals surface area contributed by atoms with Gasteiger partial charge in [-0.05, 0) is 32.3 Å². The van der Waals surface area contributed by atoms with E-state index in [1.165, 1.54) is 31.4 Å². The van der Waals surface area contributed by atoms with Crippen LogP contribution in [0.1, 0.15) is 46.0 Å². The number of aromatic nitrogens is 1. The zero-order valence-electron chi connectivity index (χ0n) is 11.7. The molecule has 0 aromatic carbocycles. The van der Waals surface area contributed by atoms with Crippen LogP contribution in [-0.4, -0.2) is 24.1 Å². The van der Waals surface area contributed by atoms with Crippen molar-refractivity contribution >= 4 is 11.5 Å². The normalized spacial score (nSPS) is 15.9. The Balaban J connectivity index is 2.09. The predicted molar refractivity (Wildman–Crippen MR) is 78.3 cm³/mol. The lowest BCUT2D eigenvalue weighted by Gasteiger charge is -2.30. The highest BCUT2D eigenvalue weighted by molar-refractivity contribution is 5.54. The van der Waals surface area contributed by atoms with Gasteiger partial charge in [0.2, 0.25) is 0 Å². The van der Waals surface area contributed by atoms with Gasteiger partial charge in [-0.3, -0.25) is 0 Å². The number of hydrogen-bond acceptors (Lipinski definition) is 3. The third kappa shape index (κ3) is 3.15. The van der Waals surface area contributed by atoms with Crippen LogP contribution in [0.3, 0.4) is 0 Å². The summed E-state index contributed by atoms with van der Waals surface area (Å²) in [5, 5.41) is 3.37. The van der Waals surface area contributed by atoms with Crippen molar-refractivity contribution in [1.29, 1.82) is 0 Å². The minimum Gasteiger partial charge on any atom is -0.370 e. The number of rotatable bonds is 6. The van der Waals surface area contributed by atoms with Gasteiger partial charge in [0.15, 0.2) is 0 Å². The second-order valence-electron chi connectivity index (χ2n) is 5.05. The topological polar surface area (TPSA) is 28.2 Å². The third-order valence-corrected chi connectivity index (χ3v) is 3.74. The fourth-order valence-corrected chi connectivity index (χ4v) is 2.82. The van der Waals surface area contributed by atoms with E-state index in [1.807, 2.05) is 6.20 Å². The molecule has 1 N–H and O–H groups in total. The molecule has 1 aliphatic carbocycles. The van der Waals surface area contributed by atoms with Crippen molar-refractivity contribution in [3.8, 4) is 0 Å². The van der Waals surface area contributed by atoms with E-state index in [0.29, 0.717) is 0 Å². The van der Waals surface area contributed by atoms with E-state index < -0.39 is 0 Å². The van der Waals surface area contributed by atoms with Crippen LogP contribution < -0.4 is 10.2 Å². The number of nitrogens with zero attached hydrogens (tertiary/aromatic N) is 2. The maximum atomic E-state index is 4.38.